The highest BCUT2D eigenvalue weighted by Gasteiger charge is 2.25. The number of halogens is 1. The van der Waals surface area contributed by atoms with Crippen molar-refractivity contribution in [3.8, 4) is 11.8 Å². The lowest BCUT2D eigenvalue weighted by atomic mass is 10.1. The molecule has 2 saturated heterocycles. The molecule has 2 aromatic heterocycles. The summed E-state index contributed by atoms with van der Waals surface area (Å²) in [6.07, 6.45) is 2.96. The molecule has 0 bridgehead atoms. The van der Waals surface area contributed by atoms with E-state index in [1.54, 1.807) is 18.2 Å². The maximum atomic E-state index is 14.1. The normalized spacial score (nSPS) is 17.4. The molecule has 11 heteroatoms. The first kappa shape index (κ1) is 28.7. The van der Waals surface area contributed by atoms with Crippen LogP contribution >= 0.6 is 0 Å². The first-order valence-corrected chi connectivity index (χ1v) is 14.4. The van der Waals surface area contributed by atoms with E-state index in [2.05, 4.69) is 14.5 Å². The molecule has 0 saturated carbocycles. The molecule has 2 fully saturated rings. The SMILES string of the molecule is N#Cc1ccc(OCc2cccc(COC3CCN(Cc4nc5ccc(C(=O)O)cc5n4C[C@@H]4CCO4)CC3)n2)c(F)c1. The summed E-state index contributed by atoms with van der Waals surface area (Å²) in [5.41, 5.74) is 3.54. The van der Waals surface area contributed by atoms with Gasteiger partial charge in [-0.25, -0.2) is 14.2 Å². The third kappa shape index (κ3) is 6.83. The molecule has 2 aliphatic heterocycles. The number of nitrogens with zero attached hydrogens (tertiary/aromatic N) is 5. The summed E-state index contributed by atoms with van der Waals surface area (Å²) in [4.78, 5) is 23.4. The number of piperidine rings is 1. The standard InChI is InChI=1S/C32H32FN5O5/c33-27-14-21(16-34)4-7-30(27)43-20-24-3-1-2-23(35-24)19-42-25-8-11-37(12-9-25)18-31-36-28-6-5-22(32(39)40)15-29(28)38(31)17-26-10-13-41-26/h1-7,14-15,25-26H,8-13,17-20H2,(H,39,40)/t26-/m0/s1. The molecule has 222 valence electrons. The van der Waals surface area contributed by atoms with Gasteiger partial charge in [-0.05, 0) is 67.8 Å². The Balaban J connectivity index is 1.02. The monoisotopic (exact) mass is 585 g/mol. The zero-order valence-corrected chi connectivity index (χ0v) is 23.6. The van der Waals surface area contributed by atoms with Crippen LogP contribution in [0.2, 0.25) is 0 Å². The minimum atomic E-state index is -0.952. The van der Waals surface area contributed by atoms with Gasteiger partial charge in [-0.3, -0.25) is 9.88 Å². The molecular formula is C32H32FN5O5. The fourth-order valence-electron chi connectivity index (χ4n) is 5.43. The summed E-state index contributed by atoms with van der Waals surface area (Å²) in [5, 5.41) is 18.4. The van der Waals surface area contributed by atoms with Gasteiger partial charge in [0.05, 0.1) is 71.5 Å². The summed E-state index contributed by atoms with van der Waals surface area (Å²) in [6, 6.07) is 16.7. The molecular weight excluding hydrogens is 553 g/mol. The van der Waals surface area contributed by atoms with Crippen LogP contribution in [0.3, 0.4) is 0 Å². The molecule has 0 radical (unpaired) electrons. The molecule has 6 rings (SSSR count). The zero-order chi connectivity index (χ0) is 29.8. The number of hydrogen-bond acceptors (Lipinski definition) is 8. The van der Waals surface area contributed by atoms with E-state index in [0.717, 1.165) is 67.6 Å². The van der Waals surface area contributed by atoms with Gasteiger partial charge in [0.1, 0.15) is 12.4 Å². The van der Waals surface area contributed by atoms with Crippen molar-refractivity contribution in [3.63, 3.8) is 0 Å². The van der Waals surface area contributed by atoms with E-state index in [-0.39, 0.29) is 35.7 Å². The second-order valence-corrected chi connectivity index (χ2v) is 10.9. The van der Waals surface area contributed by atoms with E-state index in [4.69, 9.17) is 24.5 Å². The van der Waals surface area contributed by atoms with Gasteiger partial charge in [0.15, 0.2) is 11.6 Å². The number of hydrogen-bond donors (Lipinski definition) is 1. The Kier molecular flexibility index (Phi) is 8.60. The minimum absolute atomic E-state index is 0.0752. The molecule has 2 aromatic carbocycles. The second-order valence-electron chi connectivity index (χ2n) is 10.9. The Morgan fingerprint density at radius 2 is 1.86 bits per heavy atom. The summed E-state index contributed by atoms with van der Waals surface area (Å²) in [5.74, 6) is -0.545. The smallest absolute Gasteiger partial charge is 0.335 e. The van der Waals surface area contributed by atoms with Gasteiger partial charge in [-0.1, -0.05) is 6.07 Å². The van der Waals surface area contributed by atoms with E-state index in [1.165, 1.54) is 12.1 Å². The predicted molar refractivity (Wildman–Crippen MR) is 154 cm³/mol. The summed E-state index contributed by atoms with van der Waals surface area (Å²) >= 11 is 0. The molecule has 43 heavy (non-hydrogen) atoms. The lowest BCUT2D eigenvalue weighted by molar-refractivity contribution is -0.0593. The van der Waals surface area contributed by atoms with Crippen molar-refractivity contribution in [3.05, 3.63) is 88.8 Å². The zero-order valence-electron chi connectivity index (χ0n) is 23.6. The van der Waals surface area contributed by atoms with Crippen molar-refractivity contribution in [2.45, 2.75) is 57.8 Å². The van der Waals surface area contributed by atoms with E-state index in [0.29, 0.717) is 25.4 Å². The van der Waals surface area contributed by atoms with E-state index in [9.17, 15) is 14.3 Å². The van der Waals surface area contributed by atoms with Crippen molar-refractivity contribution in [1.29, 1.82) is 5.26 Å². The average molecular weight is 586 g/mol. The molecule has 2 aliphatic rings. The molecule has 0 unspecified atom stereocenters. The van der Waals surface area contributed by atoms with E-state index in [1.807, 2.05) is 24.3 Å². The first-order chi connectivity index (χ1) is 20.9. The Bertz CT molecular complexity index is 1660. The largest absolute Gasteiger partial charge is 0.484 e. The summed E-state index contributed by atoms with van der Waals surface area (Å²) in [7, 11) is 0. The number of aromatic carboxylic acids is 1. The van der Waals surface area contributed by atoms with Crippen LogP contribution in [0, 0.1) is 17.1 Å². The Hall–Kier alpha value is -4.37. The summed E-state index contributed by atoms with van der Waals surface area (Å²) in [6.45, 7) is 4.26. The lowest BCUT2D eigenvalue weighted by Gasteiger charge is -2.32. The number of carboxylic acid groups (broad SMARTS) is 1. The molecule has 10 nitrogen and oxygen atoms in total. The van der Waals surface area contributed by atoms with Crippen LogP contribution in [-0.4, -0.2) is 62.4 Å². The van der Waals surface area contributed by atoms with Crippen LogP contribution in [0.15, 0.2) is 54.6 Å². The third-order valence-electron chi connectivity index (χ3n) is 7.92. The Morgan fingerprint density at radius 3 is 2.56 bits per heavy atom. The number of pyridine rings is 1. The second kappa shape index (κ2) is 12.9. The van der Waals surface area contributed by atoms with Gasteiger partial charge in [0.2, 0.25) is 0 Å². The number of imidazole rings is 1. The predicted octanol–water partition coefficient (Wildman–Crippen LogP) is 4.69. The van der Waals surface area contributed by atoms with Crippen molar-refractivity contribution in [1.82, 2.24) is 19.4 Å². The Morgan fingerprint density at radius 1 is 1.07 bits per heavy atom. The van der Waals surface area contributed by atoms with Gasteiger partial charge in [-0.15, -0.1) is 0 Å². The number of aromatic nitrogens is 3. The lowest BCUT2D eigenvalue weighted by Crippen LogP contribution is -2.38. The maximum absolute atomic E-state index is 14.1. The van der Waals surface area contributed by atoms with Crippen LogP contribution in [-0.2, 0) is 35.8 Å². The van der Waals surface area contributed by atoms with Crippen LogP contribution in [0.25, 0.3) is 11.0 Å². The van der Waals surface area contributed by atoms with Gasteiger partial charge in [0, 0.05) is 19.7 Å². The van der Waals surface area contributed by atoms with Crippen molar-refractivity contribution in [2.75, 3.05) is 19.7 Å². The summed E-state index contributed by atoms with van der Waals surface area (Å²) < 4.78 is 33.7. The molecule has 4 aromatic rings. The van der Waals surface area contributed by atoms with Crippen LogP contribution in [0.1, 0.15) is 52.4 Å². The molecule has 0 spiro atoms. The highest BCUT2D eigenvalue weighted by Crippen LogP contribution is 2.25. The fourth-order valence-corrected chi connectivity index (χ4v) is 5.43. The Labute approximate surface area is 248 Å². The number of ether oxygens (including phenoxy) is 3. The molecule has 1 N–H and O–H groups in total. The van der Waals surface area contributed by atoms with Crippen LogP contribution < -0.4 is 4.74 Å². The quantitative estimate of drug-likeness (QED) is 0.267. The number of rotatable bonds is 11. The average Bonchev–Trinajstić information content (AvgIpc) is 3.33. The van der Waals surface area contributed by atoms with E-state index < -0.39 is 11.8 Å². The topological polar surface area (TPSA) is 123 Å². The first-order valence-electron chi connectivity index (χ1n) is 14.4. The number of carboxylic acids is 1. The van der Waals surface area contributed by atoms with Gasteiger partial charge < -0.3 is 23.9 Å². The highest BCUT2D eigenvalue weighted by atomic mass is 19.1. The van der Waals surface area contributed by atoms with Crippen LogP contribution in [0.5, 0.6) is 5.75 Å². The fraction of sp³-hybridized carbons (Fsp3) is 0.375. The van der Waals surface area contributed by atoms with Crippen molar-refractivity contribution in [2.24, 2.45) is 0 Å². The number of nitriles is 1. The van der Waals surface area contributed by atoms with Gasteiger partial charge in [-0.2, -0.15) is 5.26 Å². The third-order valence-corrected chi connectivity index (χ3v) is 7.92. The van der Waals surface area contributed by atoms with Crippen molar-refractivity contribution >= 4 is 17.0 Å². The van der Waals surface area contributed by atoms with Gasteiger partial charge >= 0.3 is 5.97 Å². The van der Waals surface area contributed by atoms with Crippen LogP contribution in [0.4, 0.5) is 4.39 Å². The molecule has 1 atom stereocenters. The number of likely N-dealkylation sites (tertiary alicyclic amines) is 1. The minimum Gasteiger partial charge on any atom is -0.484 e. The maximum Gasteiger partial charge on any atom is 0.335 e. The number of carbonyl (C=O) groups is 1. The highest BCUT2D eigenvalue weighted by molar-refractivity contribution is 5.92. The molecule has 4 heterocycles. The molecule has 0 amide bonds. The number of fused-ring (bicyclic) bond motifs is 1. The van der Waals surface area contributed by atoms with Crippen molar-refractivity contribution < 1.29 is 28.5 Å². The molecule has 0 aliphatic carbocycles. The number of benzene rings is 2. The van der Waals surface area contributed by atoms with Gasteiger partial charge in [0.25, 0.3) is 0 Å². The van der Waals surface area contributed by atoms with E-state index >= 15 is 0 Å².